The van der Waals surface area contributed by atoms with Gasteiger partial charge >= 0.3 is 0 Å². The molecule has 1 N–H and O–H groups in total. The highest BCUT2D eigenvalue weighted by atomic mass is 35.5. The average molecular weight is 319 g/mol. The number of hydrogen-bond donors (Lipinski definition) is 1. The summed E-state index contributed by atoms with van der Waals surface area (Å²) in [7, 11) is 1.59. The molecule has 0 aromatic carbocycles. The Kier molecular flexibility index (Phi) is 7.09. The summed E-state index contributed by atoms with van der Waals surface area (Å²) in [6, 6.07) is 3.71. The number of alkyl halides is 1. The molecule has 0 spiro atoms. The lowest BCUT2D eigenvalue weighted by Crippen LogP contribution is -2.41. The maximum atomic E-state index is 12.3. The van der Waals surface area contributed by atoms with E-state index in [-0.39, 0.29) is 10.8 Å². The second-order valence-corrected chi connectivity index (χ2v) is 7.86. The van der Waals surface area contributed by atoms with Gasteiger partial charge in [-0.15, -0.1) is 16.3 Å². The molecule has 6 heteroatoms. The molecule has 4 nitrogen and oxygen atoms in total. The molecule has 0 aliphatic rings. The molecule has 1 unspecified atom stereocenters. The summed E-state index contributed by atoms with van der Waals surface area (Å²) in [5, 5.41) is 0. The first-order valence-electron chi connectivity index (χ1n) is 6.63. The molecule has 1 heterocycles. The van der Waals surface area contributed by atoms with E-state index in [1.54, 1.807) is 13.3 Å². The number of ether oxygens (including phenoxy) is 1. The van der Waals surface area contributed by atoms with E-state index in [1.165, 1.54) is 0 Å². The third kappa shape index (κ3) is 5.13. The lowest BCUT2D eigenvalue weighted by Gasteiger charge is -2.28. The number of halogens is 1. The summed E-state index contributed by atoms with van der Waals surface area (Å²) in [4.78, 5) is 4.20. The van der Waals surface area contributed by atoms with Crippen LogP contribution in [0.2, 0.25) is 0 Å². The molecule has 0 amide bonds. The van der Waals surface area contributed by atoms with Crippen molar-refractivity contribution in [2.75, 3.05) is 13.0 Å². The molecular weight excluding hydrogens is 296 g/mol. The van der Waals surface area contributed by atoms with Crippen molar-refractivity contribution >= 4 is 23.0 Å². The Morgan fingerprint density at radius 3 is 2.75 bits per heavy atom. The number of rotatable bonds is 7. The third-order valence-electron chi connectivity index (χ3n) is 2.80. The number of methoxy groups -OCH3 is 1. The molecule has 0 saturated carbocycles. The smallest absolute Gasteiger partial charge is 0.217 e. The first kappa shape index (κ1) is 17.6. The maximum absolute atomic E-state index is 12.3. The van der Waals surface area contributed by atoms with Crippen LogP contribution in [-0.4, -0.2) is 27.3 Å². The van der Waals surface area contributed by atoms with Crippen LogP contribution in [0.5, 0.6) is 5.88 Å². The van der Waals surface area contributed by atoms with E-state index in [9.17, 15) is 4.55 Å². The summed E-state index contributed by atoms with van der Waals surface area (Å²) in [6.45, 7) is 5.82. The molecule has 0 aliphatic heterocycles. The van der Waals surface area contributed by atoms with Crippen LogP contribution in [0.1, 0.15) is 45.2 Å². The van der Waals surface area contributed by atoms with Gasteiger partial charge in [0.2, 0.25) is 5.88 Å². The minimum Gasteiger partial charge on any atom is -0.598 e. The Balaban J connectivity index is 2.94. The summed E-state index contributed by atoms with van der Waals surface area (Å²) in [5.41, 5.74) is 0.915. The maximum Gasteiger partial charge on any atom is 0.217 e. The molecule has 1 rings (SSSR count). The van der Waals surface area contributed by atoms with Crippen LogP contribution in [0.3, 0.4) is 0 Å². The zero-order valence-electron chi connectivity index (χ0n) is 12.5. The van der Waals surface area contributed by atoms with Gasteiger partial charge in [0.05, 0.1) is 13.2 Å². The molecule has 0 radical (unpaired) electrons. The van der Waals surface area contributed by atoms with E-state index in [1.807, 2.05) is 32.9 Å². The van der Waals surface area contributed by atoms with E-state index in [4.69, 9.17) is 16.3 Å². The van der Waals surface area contributed by atoms with Crippen molar-refractivity contribution in [1.29, 1.82) is 0 Å². The number of aromatic nitrogens is 1. The third-order valence-corrected chi connectivity index (χ3v) is 4.68. The molecule has 114 valence electrons. The van der Waals surface area contributed by atoms with Crippen LogP contribution in [0, 0.1) is 0 Å². The van der Waals surface area contributed by atoms with Crippen molar-refractivity contribution in [2.45, 2.75) is 44.4 Å². The first-order valence-corrected chi connectivity index (χ1v) is 8.31. The molecule has 0 saturated heterocycles. The largest absolute Gasteiger partial charge is 0.598 e. The quantitative estimate of drug-likeness (QED) is 0.619. The highest BCUT2D eigenvalue weighted by Crippen LogP contribution is 2.28. The molecule has 0 fully saturated rings. The number of nitrogens with one attached hydrogen (secondary N) is 1. The first-order chi connectivity index (χ1) is 9.40. The van der Waals surface area contributed by atoms with Gasteiger partial charge in [0.25, 0.3) is 0 Å². The number of hydrogen-bond acceptors (Lipinski definition) is 4. The zero-order valence-corrected chi connectivity index (χ0v) is 14.1. The van der Waals surface area contributed by atoms with E-state index >= 15 is 0 Å². The summed E-state index contributed by atoms with van der Waals surface area (Å²) in [5.74, 6) is 1.13. The van der Waals surface area contributed by atoms with Gasteiger partial charge < -0.3 is 9.29 Å². The lowest BCUT2D eigenvalue weighted by molar-refractivity contribution is 0.384. The SMILES string of the molecule is COc1ncccc1C(CCCCl)N[S@@+]([O-])C(C)(C)C. The van der Waals surface area contributed by atoms with Crippen molar-refractivity contribution in [1.82, 2.24) is 9.71 Å². The van der Waals surface area contributed by atoms with Gasteiger partial charge in [0.1, 0.15) is 4.75 Å². The van der Waals surface area contributed by atoms with E-state index in [0.29, 0.717) is 11.8 Å². The molecule has 20 heavy (non-hydrogen) atoms. The van der Waals surface area contributed by atoms with Gasteiger partial charge in [-0.2, -0.15) is 0 Å². The van der Waals surface area contributed by atoms with Crippen molar-refractivity contribution < 1.29 is 9.29 Å². The van der Waals surface area contributed by atoms with Crippen LogP contribution in [0.15, 0.2) is 18.3 Å². The van der Waals surface area contributed by atoms with Crippen LogP contribution in [0.25, 0.3) is 0 Å². The second kappa shape index (κ2) is 8.08. The fourth-order valence-corrected chi connectivity index (χ4v) is 2.72. The van der Waals surface area contributed by atoms with Crippen LogP contribution in [-0.2, 0) is 11.4 Å². The highest BCUT2D eigenvalue weighted by Gasteiger charge is 2.30. The number of pyridine rings is 1. The van der Waals surface area contributed by atoms with Gasteiger partial charge in [-0.3, -0.25) is 0 Å². The summed E-state index contributed by atoms with van der Waals surface area (Å²) in [6.07, 6.45) is 3.30. The molecule has 2 atom stereocenters. The highest BCUT2D eigenvalue weighted by molar-refractivity contribution is 7.90. The molecular formula is C14H23ClN2O2S. The minimum atomic E-state index is -1.16. The standard InChI is InChI=1S/C14H23ClN2O2S/c1-14(2,3)20(18)17-12(8-5-9-15)11-7-6-10-16-13(11)19-4/h6-7,10,12,17H,5,8-9H2,1-4H3/t12?,20-/m0/s1. The average Bonchev–Trinajstić information content (AvgIpc) is 2.42. The van der Waals surface area contributed by atoms with Gasteiger partial charge in [-0.1, -0.05) is 6.07 Å². The molecule has 1 aromatic heterocycles. The van der Waals surface area contributed by atoms with E-state index in [0.717, 1.165) is 18.4 Å². The molecule has 0 bridgehead atoms. The van der Waals surface area contributed by atoms with Gasteiger partial charge in [-0.05, 0) is 39.7 Å². The Bertz CT molecular complexity index is 412. The van der Waals surface area contributed by atoms with Gasteiger partial charge in [0.15, 0.2) is 0 Å². The molecule has 0 aliphatic carbocycles. The second-order valence-electron chi connectivity index (χ2n) is 5.48. The van der Waals surface area contributed by atoms with Gasteiger partial charge in [-0.25, -0.2) is 4.98 Å². The summed E-state index contributed by atoms with van der Waals surface area (Å²) >= 11 is 4.62. The summed E-state index contributed by atoms with van der Waals surface area (Å²) < 4.78 is 20.5. The molecule has 1 aromatic rings. The van der Waals surface area contributed by atoms with Gasteiger partial charge in [0, 0.05) is 29.0 Å². The van der Waals surface area contributed by atoms with Crippen LogP contribution < -0.4 is 9.46 Å². The van der Waals surface area contributed by atoms with Crippen molar-refractivity contribution in [2.24, 2.45) is 0 Å². The van der Waals surface area contributed by atoms with Crippen molar-refractivity contribution in [3.8, 4) is 5.88 Å². The van der Waals surface area contributed by atoms with E-state index < -0.39 is 11.4 Å². The predicted octanol–water partition coefficient (Wildman–Crippen LogP) is 3.20. The monoisotopic (exact) mass is 318 g/mol. The Labute approximate surface area is 129 Å². The topological polar surface area (TPSA) is 57.2 Å². The Morgan fingerprint density at radius 1 is 1.50 bits per heavy atom. The van der Waals surface area contributed by atoms with Crippen LogP contribution >= 0.6 is 11.6 Å². The minimum absolute atomic E-state index is 0.0857. The predicted molar refractivity (Wildman–Crippen MR) is 84.5 cm³/mol. The van der Waals surface area contributed by atoms with Crippen molar-refractivity contribution in [3.63, 3.8) is 0 Å². The van der Waals surface area contributed by atoms with E-state index in [2.05, 4.69) is 9.71 Å². The van der Waals surface area contributed by atoms with Crippen LogP contribution in [0.4, 0.5) is 0 Å². The van der Waals surface area contributed by atoms with Crippen molar-refractivity contribution in [3.05, 3.63) is 23.9 Å². The Hall–Kier alpha value is -0.490. The Morgan fingerprint density at radius 2 is 2.20 bits per heavy atom. The lowest BCUT2D eigenvalue weighted by atomic mass is 10.0. The fraction of sp³-hybridized carbons (Fsp3) is 0.643. The fourth-order valence-electron chi connectivity index (χ4n) is 1.70. The zero-order chi connectivity index (χ0) is 15.2. The normalized spacial score (nSPS) is 14.9. The number of nitrogens with zero attached hydrogens (tertiary/aromatic N) is 1.